The minimum atomic E-state index is -3.36. The van der Waals surface area contributed by atoms with E-state index in [1.165, 1.54) is 7.11 Å². The Bertz CT molecular complexity index is 198. The number of rotatable bonds is 6. The van der Waals surface area contributed by atoms with Gasteiger partial charge in [0.1, 0.15) is 0 Å². The summed E-state index contributed by atoms with van der Waals surface area (Å²) in [6, 6.07) is 0. The minimum Gasteiger partial charge on any atom is -0.384 e. The zero-order valence-corrected chi connectivity index (χ0v) is 9.20. The molecule has 1 unspecified atom stereocenters. The molecule has 1 saturated heterocycles. The summed E-state index contributed by atoms with van der Waals surface area (Å²) in [4.78, 5) is 0. The molecule has 7 heteroatoms. The Morgan fingerprint density at radius 2 is 2.00 bits per heavy atom. The van der Waals surface area contributed by atoms with Crippen molar-refractivity contribution < 1.29 is 27.6 Å². The average molecular weight is 226 g/mol. The van der Waals surface area contributed by atoms with Gasteiger partial charge < -0.3 is 9.47 Å². The van der Waals surface area contributed by atoms with Crippen LogP contribution in [0.4, 0.5) is 0 Å². The monoisotopic (exact) mass is 226 g/mol. The summed E-state index contributed by atoms with van der Waals surface area (Å²) in [6.45, 7) is 1.04. The van der Waals surface area contributed by atoms with Crippen LogP contribution in [0.3, 0.4) is 0 Å². The van der Waals surface area contributed by atoms with Crippen LogP contribution in [-0.2, 0) is 27.6 Å². The van der Waals surface area contributed by atoms with E-state index in [4.69, 9.17) is 23.0 Å². The molecule has 0 bridgehead atoms. The van der Waals surface area contributed by atoms with Crippen LogP contribution in [0.15, 0.2) is 0 Å². The van der Waals surface area contributed by atoms with Crippen LogP contribution < -0.4 is 0 Å². The van der Waals surface area contributed by atoms with Gasteiger partial charge >= 0.3 is 7.82 Å². The van der Waals surface area contributed by atoms with Crippen molar-refractivity contribution in [1.29, 1.82) is 0 Å². The third kappa shape index (κ3) is 3.65. The first kappa shape index (κ1) is 12.1. The van der Waals surface area contributed by atoms with Gasteiger partial charge in [-0.15, -0.1) is 0 Å². The van der Waals surface area contributed by atoms with Crippen molar-refractivity contribution in [2.45, 2.75) is 12.7 Å². The summed E-state index contributed by atoms with van der Waals surface area (Å²) >= 11 is 0. The Labute approximate surface area is 83.0 Å². The smallest absolute Gasteiger partial charge is 0.384 e. The van der Waals surface area contributed by atoms with E-state index < -0.39 is 14.1 Å². The van der Waals surface area contributed by atoms with Crippen molar-refractivity contribution in [2.75, 3.05) is 34.0 Å². The molecule has 0 aliphatic carbocycles. The maximum absolute atomic E-state index is 11.6. The Morgan fingerprint density at radius 1 is 1.36 bits per heavy atom. The predicted octanol–water partition coefficient (Wildman–Crippen LogP) is 1.17. The topological polar surface area (TPSA) is 63.2 Å². The number of phosphoric acid groups is 1. The lowest BCUT2D eigenvalue weighted by atomic mass is 10.4. The van der Waals surface area contributed by atoms with E-state index >= 15 is 0 Å². The first-order valence-corrected chi connectivity index (χ1v) is 5.75. The lowest BCUT2D eigenvalue weighted by molar-refractivity contribution is -0.0816. The maximum Gasteiger partial charge on any atom is 0.477 e. The molecule has 1 fully saturated rings. The molecular weight excluding hydrogens is 211 g/mol. The van der Waals surface area contributed by atoms with Crippen molar-refractivity contribution >= 4 is 7.82 Å². The molecule has 0 radical (unpaired) electrons. The van der Waals surface area contributed by atoms with E-state index in [-0.39, 0.29) is 13.2 Å². The van der Waals surface area contributed by atoms with Crippen LogP contribution >= 0.6 is 7.82 Å². The van der Waals surface area contributed by atoms with Gasteiger partial charge in [-0.3, -0.25) is 13.6 Å². The quantitative estimate of drug-likeness (QED) is 0.500. The van der Waals surface area contributed by atoms with E-state index in [1.54, 1.807) is 7.11 Å². The SMILES string of the molecule is COCCC(OC)OP1(=O)OCCO1. The summed E-state index contributed by atoms with van der Waals surface area (Å²) in [6.07, 6.45) is -0.150. The fraction of sp³-hybridized carbons (Fsp3) is 1.00. The van der Waals surface area contributed by atoms with E-state index in [9.17, 15) is 4.57 Å². The zero-order valence-electron chi connectivity index (χ0n) is 8.30. The normalized spacial score (nSPS) is 22.4. The lowest BCUT2D eigenvalue weighted by Gasteiger charge is -2.18. The minimum absolute atomic E-state index is 0.290. The highest BCUT2D eigenvalue weighted by molar-refractivity contribution is 7.48. The third-order valence-electron chi connectivity index (χ3n) is 1.65. The highest BCUT2D eigenvalue weighted by Gasteiger charge is 2.35. The summed E-state index contributed by atoms with van der Waals surface area (Å²) in [5, 5.41) is 0. The average Bonchev–Trinajstić information content (AvgIpc) is 2.60. The molecule has 1 heterocycles. The van der Waals surface area contributed by atoms with E-state index in [0.29, 0.717) is 13.0 Å². The Morgan fingerprint density at radius 3 is 2.50 bits per heavy atom. The molecule has 0 spiro atoms. The second kappa shape index (κ2) is 5.80. The Balaban J connectivity index is 2.35. The van der Waals surface area contributed by atoms with Gasteiger partial charge in [0.05, 0.1) is 19.8 Å². The molecule has 1 aliphatic rings. The summed E-state index contributed by atoms with van der Waals surface area (Å²) < 4.78 is 36.1. The molecule has 6 nitrogen and oxygen atoms in total. The standard InChI is InChI=1S/C7H15O6P/c1-9-4-3-7(10-2)13-14(8)11-5-6-12-14/h7H,3-6H2,1-2H3. The van der Waals surface area contributed by atoms with Gasteiger partial charge in [-0.2, -0.15) is 0 Å². The van der Waals surface area contributed by atoms with Crippen molar-refractivity contribution in [1.82, 2.24) is 0 Å². The van der Waals surface area contributed by atoms with Crippen molar-refractivity contribution in [2.24, 2.45) is 0 Å². The van der Waals surface area contributed by atoms with E-state index in [2.05, 4.69) is 0 Å². The second-order valence-electron chi connectivity index (χ2n) is 2.67. The van der Waals surface area contributed by atoms with E-state index in [1.807, 2.05) is 0 Å². The third-order valence-corrected chi connectivity index (χ3v) is 3.14. The van der Waals surface area contributed by atoms with Crippen molar-refractivity contribution in [3.05, 3.63) is 0 Å². The fourth-order valence-corrected chi connectivity index (χ4v) is 2.24. The molecule has 84 valence electrons. The number of methoxy groups -OCH3 is 2. The first-order chi connectivity index (χ1) is 6.70. The van der Waals surface area contributed by atoms with Gasteiger partial charge in [-0.05, 0) is 0 Å². The van der Waals surface area contributed by atoms with Crippen LogP contribution in [0.25, 0.3) is 0 Å². The fourth-order valence-electron chi connectivity index (χ4n) is 0.968. The van der Waals surface area contributed by atoms with Crippen molar-refractivity contribution in [3.8, 4) is 0 Å². The maximum atomic E-state index is 11.6. The number of phosphoric ester groups is 1. The van der Waals surface area contributed by atoms with Gasteiger partial charge in [0.25, 0.3) is 0 Å². The molecule has 0 N–H and O–H groups in total. The second-order valence-corrected chi connectivity index (χ2v) is 4.29. The molecule has 0 saturated carbocycles. The van der Waals surface area contributed by atoms with Crippen LogP contribution in [0.2, 0.25) is 0 Å². The Kier molecular flexibility index (Phi) is 5.01. The predicted molar refractivity (Wildman–Crippen MR) is 47.9 cm³/mol. The summed E-state index contributed by atoms with van der Waals surface area (Å²) in [5.74, 6) is 0. The largest absolute Gasteiger partial charge is 0.477 e. The highest BCUT2D eigenvalue weighted by Crippen LogP contribution is 2.53. The molecule has 0 aromatic carbocycles. The van der Waals surface area contributed by atoms with Crippen LogP contribution in [0.5, 0.6) is 0 Å². The van der Waals surface area contributed by atoms with Gasteiger partial charge in [-0.1, -0.05) is 0 Å². The Hall–Kier alpha value is 0.0300. The molecule has 1 atom stereocenters. The summed E-state index contributed by atoms with van der Waals surface area (Å²) in [7, 11) is -0.336. The van der Waals surface area contributed by atoms with Gasteiger partial charge in [0, 0.05) is 20.6 Å². The first-order valence-electron chi connectivity index (χ1n) is 4.29. The zero-order chi connectivity index (χ0) is 10.4. The molecule has 0 aromatic heterocycles. The number of ether oxygens (including phenoxy) is 2. The number of hydrogen-bond donors (Lipinski definition) is 0. The number of hydrogen-bond acceptors (Lipinski definition) is 6. The van der Waals surface area contributed by atoms with E-state index in [0.717, 1.165) is 0 Å². The summed E-state index contributed by atoms with van der Waals surface area (Å²) in [5.41, 5.74) is 0. The van der Waals surface area contributed by atoms with Crippen LogP contribution in [-0.4, -0.2) is 40.3 Å². The molecular formula is C7H15O6P. The lowest BCUT2D eigenvalue weighted by Crippen LogP contribution is -2.16. The van der Waals surface area contributed by atoms with Crippen LogP contribution in [0, 0.1) is 0 Å². The molecule has 0 aromatic rings. The molecule has 14 heavy (non-hydrogen) atoms. The van der Waals surface area contributed by atoms with Gasteiger partial charge in [-0.25, -0.2) is 4.57 Å². The van der Waals surface area contributed by atoms with Crippen LogP contribution in [0.1, 0.15) is 6.42 Å². The molecule has 1 rings (SSSR count). The molecule has 0 amide bonds. The van der Waals surface area contributed by atoms with Gasteiger partial charge in [0.2, 0.25) is 0 Å². The van der Waals surface area contributed by atoms with Gasteiger partial charge in [0.15, 0.2) is 6.29 Å². The highest BCUT2D eigenvalue weighted by atomic mass is 31.2. The molecule has 1 aliphatic heterocycles. The van der Waals surface area contributed by atoms with Crippen molar-refractivity contribution in [3.63, 3.8) is 0 Å².